The Hall–Kier alpha value is -2.34. The molecule has 0 aliphatic heterocycles. The minimum atomic E-state index is -0.273. The van der Waals surface area contributed by atoms with Gasteiger partial charge in [-0.2, -0.15) is 5.10 Å². The van der Waals surface area contributed by atoms with E-state index >= 15 is 0 Å². The Morgan fingerprint density at radius 1 is 1.46 bits per heavy atom. The van der Waals surface area contributed by atoms with E-state index in [1.807, 2.05) is 32.3 Å². The zero-order valence-electron chi connectivity index (χ0n) is 14.2. The molecule has 0 spiro atoms. The Morgan fingerprint density at radius 2 is 2.21 bits per heavy atom. The van der Waals surface area contributed by atoms with Crippen LogP contribution in [0.4, 0.5) is 0 Å². The van der Waals surface area contributed by atoms with Crippen LogP contribution in [0.1, 0.15) is 40.4 Å². The van der Waals surface area contributed by atoms with Crippen LogP contribution in [0.3, 0.4) is 0 Å². The molecular weight excluding hydrogens is 306 g/mol. The number of methoxy groups -OCH3 is 1. The first-order valence-electron chi connectivity index (χ1n) is 8.10. The summed E-state index contributed by atoms with van der Waals surface area (Å²) in [5.41, 5.74) is 2.38. The summed E-state index contributed by atoms with van der Waals surface area (Å²) in [7, 11) is 3.45. The number of aliphatic hydroxyl groups excluding tert-OH is 1. The molecule has 3 rings (SSSR count). The van der Waals surface area contributed by atoms with Gasteiger partial charge >= 0.3 is 0 Å². The molecule has 1 saturated carbocycles. The minimum absolute atomic E-state index is 0.137. The Bertz CT molecular complexity index is 735. The Kier molecular flexibility index (Phi) is 4.57. The van der Waals surface area contributed by atoms with Crippen molar-refractivity contribution >= 4 is 5.91 Å². The third-order valence-electron chi connectivity index (χ3n) is 4.74. The third kappa shape index (κ3) is 3.14. The predicted molar refractivity (Wildman–Crippen MR) is 89.9 cm³/mol. The lowest BCUT2D eigenvalue weighted by Gasteiger charge is -2.37. The van der Waals surface area contributed by atoms with Gasteiger partial charge in [0.1, 0.15) is 5.75 Å². The smallest absolute Gasteiger partial charge is 0.252 e. The van der Waals surface area contributed by atoms with Gasteiger partial charge in [-0.1, -0.05) is 6.07 Å². The van der Waals surface area contributed by atoms with E-state index in [9.17, 15) is 9.90 Å². The van der Waals surface area contributed by atoms with E-state index in [1.54, 1.807) is 24.1 Å². The van der Waals surface area contributed by atoms with Crippen LogP contribution < -0.4 is 10.1 Å². The molecule has 0 saturated heterocycles. The van der Waals surface area contributed by atoms with E-state index in [0.717, 1.165) is 11.1 Å². The molecule has 1 fully saturated rings. The van der Waals surface area contributed by atoms with Crippen LogP contribution >= 0.6 is 0 Å². The highest BCUT2D eigenvalue weighted by Gasteiger charge is 2.36. The average Bonchev–Trinajstić information content (AvgIpc) is 2.96. The summed E-state index contributed by atoms with van der Waals surface area (Å²) in [4.78, 5) is 12.8. The number of hydrogen-bond acceptors (Lipinski definition) is 4. The fraction of sp³-hybridized carbons (Fsp3) is 0.444. The molecule has 1 aliphatic rings. The molecule has 0 unspecified atom stereocenters. The summed E-state index contributed by atoms with van der Waals surface area (Å²) in [5, 5.41) is 17.0. The number of amides is 1. The molecule has 1 amide bonds. The highest BCUT2D eigenvalue weighted by molar-refractivity contribution is 5.96. The summed E-state index contributed by atoms with van der Waals surface area (Å²) in [6.45, 7) is 1.87. The van der Waals surface area contributed by atoms with Gasteiger partial charge in [0.05, 0.1) is 25.5 Å². The molecule has 1 atom stereocenters. The molecule has 2 aromatic rings. The number of carbonyl (C=O) groups is 1. The molecule has 6 heteroatoms. The number of hydrogen-bond donors (Lipinski definition) is 2. The van der Waals surface area contributed by atoms with Gasteiger partial charge < -0.3 is 15.2 Å². The minimum Gasteiger partial charge on any atom is -0.496 e. The second-order valence-electron chi connectivity index (χ2n) is 6.42. The van der Waals surface area contributed by atoms with Crippen molar-refractivity contribution in [3.63, 3.8) is 0 Å². The predicted octanol–water partition coefficient (Wildman–Crippen LogP) is 1.98. The number of benzene rings is 1. The van der Waals surface area contributed by atoms with Crippen molar-refractivity contribution in [1.29, 1.82) is 0 Å². The highest BCUT2D eigenvalue weighted by atomic mass is 16.5. The van der Waals surface area contributed by atoms with Crippen molar-refractivity contribution in [3.05, 3.63) is 47.3 Å². The van der Waals surface area contributed by atoms with Crippen LogP contribution in [0.5, 0.6) is 5.75 Å². The molecule has 128 valence electrons. The molecule has 1 aromatic carbocycles. The van der Waals surface area contributed by atoms with Crippen molar-refractivity contribution in [2.75, 3.05) is 7.11 Å². The van der Waals surface area contributed by atoms with Gasteiger partial charge in [-0.15, -0.1) is 0 Å². The maximum Gasteiger partial charge on any atom is 0.252 e. The summed E-state index contributed by atoms with van der Waals surface area (Å²) in [6, 6.07) is 5.29. The van der Waals surface area contributed by atoms with Gasteiger partial charge in [-0.05, 0) is 37.8 Å². The zero-order valence-corrected chi connectivity index (χ0v) is 14.2. The normalized spacial score (nSPS) is 21.0. The van der Waals surface area contributed by atoms with Gasteiger partial charge in [-0.3, -0.25) is 9.48 Å². The summed E-state index contributed by atoms with van der Waals surface area (Å²) in [6.07, 6.45) is 4.79. The fourth-order valence-electron chi connectivity index (χ4n) is 3.28. The first kappa shape index (κ1) is 16.5. The highest BCUT2D eigenvalue weighted by Crippen LogP contribution is 2.38. The van der Waals surface area contributed by atoms with E-state index < -0.39 is 0 Å². The van der Waals surface area contributed by atoms with Crippen LogP contribution in [0.2, 0.25) is 0 Å². The second-order valence-corrected chi connectivity index (χ2v) is 6.42. The molecule has 1 heterocycles. The molecule has 0 radical (unpaired) electrons. The van der Waals surface area contributed by atoms with Gasteiger partial charge in [-0.25, -0.2) is 0 Å². The number of rotatable bonds is 5. The van der Waals surface area contributed by atoms with Gasteiger partial charge in [0.15, 0.2) is 0 Å². The van der Waals surface area contributed by atoms with Crippen LogP contribution in [0.25, 0.3) is 0 Å². The molecule has 1 aliphatic carbocycles. The van der Waals surface area contributed by atoms with Gasteiger partial charge in [0.2, 0.25) is 0 Å². The summed E-state index contributed by atoms with van der Waals surface area (Å²) >= 11 is 0. The summed E-state index contributed by atoms with van der Waals surface area (Å²) in [5.74, 6) is 0.778. The number of carbonyl (C=O) groups excluding carboxylic acids is 1. The van der Waals surface area contributed by atoms with Gasteiger partial charge in [0, 0.05) is 29.9 Å². The lowest BCUT2D eigenvalue weighted by molar-refractivity contribution is 0.0235. The Morgan fingerprint density at radius 3 is 2.79 bits per heavy atom. The number of nitrogens with zero attached hydrogens (tertiary/aromatic N) is 2. The van der Waals surface area contributed by atoms with Crippen LogP contribution in [0, 0.1) is 12.8 Å². The van der Waals surface area contributed by atoms with Crippen molar-refractivity contribution < 1.29 is 14.6 Å². The second kappa shape index (κ2) is 6.65. The maximum atomic E-state index is 12.8. The quantitative estimate of drug-likeness (QED) is 0.879. The van der Waals surface area contributed by atoms with Crippen molar-refractivity contribution in [1.82, 2.24) is 15.1 Å². The number of nitrogens with one attached hydrogen (secondary N) is 1. The van der Waals surface area contributed by atoms with E-state index in [2.05, 4.69) is 10.4 Å². The van der Waals surface area contributed by atoms with Crippen LogP contribution in [-0.2, 0) is 7.05 Å². The van der Waals surface area contributed by atoms with E-state index in [0.29, 0.717) is 24.2 Å². The number of aryl methyl sites for hydroxylation is 1. The monoisotopic (exact) mass is 329 g/mol. The lowest BCUT2D eigenvalue weighted by atomic mass is 9.75. The van der Waals surface area contributed by atoms with Crippen molar-refractivity contribution in [2.24, 2.45) is 13.0 Å². The first-order chi connectivity index (χ1) is 11.5. The molecule has 0 bridgehead atoms. The Balaban J connectivity index is 1.83. The average molecular weight is 329 g/mol. The number of aliphatic hydroxyl groups is 1. The van der Waals surface area contributed by atoms with Crippen LogP contribution in [0.15, 0.2) is 30.6 Å². The topological polar surface area (TPSA) is 76.4 Å². The Labute approximate surface area is 141 Å². The van der Waals surface area contributed by atoms with E-state index in [-0.39, 0.29) is 24.0 Å². The number of aromatic nitrogens is 2. The number of ether oxygens (including phenoxy) is 1. The van der Waals surface area contributed by atoms with Crippen molar-refractivity contribution in [3.8, 4) is 5.75 Å². The largest absolute Gasteiger partial charge is 0.496 e. The molecule has 2 N–H and O–H groups in total. The van der Waals surface area contributed by atoms with Crippen molar-refractivity contribution in [2.45, 2.75) is 31.9 Å². The molecule has 24 heavy (non-hydrogen) atoms. The first-order valence-corrected chi connectivity index (χ1v) is 8.10. The van der Waals surface area contributed by atoms with Gasteiger partial charge in [0.25, 0.3) is 5.91 Å². The van der Waals surface area contributed by atoms with E-state index in [4.69, 9.17) is 4.74 Å². The lowest BCUT2D eigenvalue weighted by Crippen LogP contribution is -2.41. The maximum absolute atomic E-state index is 12.8. The molecule has 1 aromatic heterocycles. The fourth-order valence-corrected chi connectivity index (χ4v) is 3.28. The third-order valence-corrected chi connectivity index (χ3v) is 4.74. The molecule has 6 nitrogen and oxygen atoms in total. The zero-order chi connectivity index (χ0) is 17.3. The van der Waals surface area contributed by atoms with Crippen LogP contribution in [-0.4, -0.2) is 34.0 Å². The molecular formula is C18H23N3O3. The summed E-state index contributed by atoms with van der Waals surface area (Å²) < 4.78 is 7.02. The SMILES string of the molecule is COc1cccc(C(=O)N[C@@H](c2cnn(C)c2)C2CC(O)C2)c1C. The standard InChI is InChI=1S/C18H23N3O3/c1-11-15(5-4-6-16(11)24-3)18(23)20-17(12-7-14(22)8-12)13-9-19-21(2)10-13/h4-6,9-10,12,14,17,22H,7-8H2,1-3H3,(H,20,23)/t12?,14?,17-/m1/s1. The van der Waals surface area contributed by atoms with E-state index in [1.165, 1.54) is 0 Å².